The molecule has 238 valence electrons. The van der Waals surface area contributed by atoms with Gasteiger partial charge in [0.1, 0.15) is 6.33 Å². The molecule has 1 aliphatic rings. The second kappa shape index (κ2) is 14.9. The smallest absolute Gasteiger partial charge is 0.411 e. The van der Waals surface area contributed by atoms with Gasteiger partial charge in [0.15, 0.2) is 5.15 Å². The highest BCUT2D eigenvalue weighted by molar-refractivity contribution is 6.31. The molecule has 16 heteroatoms. The lowest BCUT2D eigenvalue weighted by Gasteiger charge is -2.31. The van der Waals surface area contributed by atoms with E-state index in [9.17, 15) is 19.5 Å². The summed E-state index contributed by atoms with van der Waals surface area (Å²) in [5, 5.41) is 35.4. The summed E-state index contributed by atoms with van der Waals surface area (Å²) in [6.07, 6.45) is 4.05. The fourth-order valence-electron chi connectivity index (χ4n) is 4.85. The third kappa shape index (κ3) is 8.21. The van der Waals surface area contributed by atoms with Crippen LogP contribution in [0.5, 0.6) is 0 Å². The zero-order valence-electron chi connectivity index (χ0n) is 24.5. The zero-order chi connectivity index (χ0) is 32.6. The molecule has 2 aromatic carbocycles. The van der Waals surface area contributed by atoms with Crippen molar-refractivity contribution in [3.05, 3.63) is 82.2 Å². The van der Waals surface area contributed by atoms with Crippen molar-refractivity contribution in [3.8, 4) is 16.9 Å². The number of carbonyl (C=O) groups excluding carboxylic acids is 3. The van der Waals surface area contributed by atoms with Crippen molar-refractivity contribution in [2.45, 2.75) is 31.4 Å². The quantitative estimate of drug-likeness (QED) is 0.222. The van der Waals surface area contributed by atoms with Gasteiger partial charge in [-0.15, -0.1) is 15.3 Å². The molecule has 0 aliphatic carbocycles. The SMILES string of the molecule is COC(=O)Nc1ccc(-c2cc(C(CC(=O)N3CCC(O)CC3)NC(=O)/C=C/c3cc(Cl)ccc3-n3cnnn3)c(Cl)nn2)cc1. The number of anilines is 1. The molecule has 3 N–H and O–H groups in total. The first kappa shape index (κ1) is 32.5. The van der Waals surface area contributed by atoms with Crippen LogP contribution in [0.4, 0.5) is 10.5 Å². The molecule has 5 rings (SSSR count). The van der Waals surface area contributed by atoms with Gasteiger partial charge in [0.2, 0.25) is 11.8 Å². The Morgan fingerprint density at radius 1 is 1.09 bits per heavy atom. The molecular formula is C30H29Cl2N9O5. The number of hydrogen-bond donors (Lipinski definition) is 3. The van der Waals surface area contributed by atoms with Crippen LogP contribution >= 0.6 is 23.2 Å². The van der Waals surface area contributed by atoms with E-state index in [0.717, 1.165) is 0 Å². The highest BCUT2D eigenvalue weighted by Gasteiger charge is 2.27. The predicted molar refractivity (Wildman–Crippen MR) is 169 cm³/mol. The number of aliphatic hydroxyl groups excluding tert-OH is 1. The number of aliphatic hydroxyl groups is 1. The lowest BCUT2D eigenvalue weighted by molar-refractivity contribution is -0.133. The molecule has 0 saturated carbocycles. The number of amides is 3. The molecule has 14 nitrogen and oxygen atoms in total. The molecule has 1 atom stereocenters. The molecule has 1 unspecified atom stereocenters. The Morgan fingerprint density at radius 3 is 2.54 bits per heavy atom. The Bertz CT molecular complexity index is 1730. The van der Waals surface area contributed by atoms with Crippen LogP contribution in [-0.4, -0.2) is 84.6 Å². The standard InChI is InChI=1S/C30H29Cl2N9O5/c1-46-30(45)34-21-6-2-18(3-7-21)24-15-23(29(32)37-36-24)25(16-28(44)40-12-10-22(42)11-13-40)35-27(43)9-4-19-14-20(31)5-8-26(19)41-17-33-38-39-41/h2-9,14-15,17,22,25,42H,10-13,16H2,1H3,(H,34,45)(H,35,43)/b9-4+. The summed E-state index contributed by atoms with van der Waals surface area (Å²) < 4.78 is 6.06. The Balaban J connectivity index is 1.41. The van der Waals surface area contributed by atoms with Gasteiger partial charge in [0.05, 0.1) is 37.1 Å². The molecule has 1 aliphatic heterocycles. The van der Waals surface area contributed by atoms with Crippen molar-refractivity contribution < 1.29 is 24.2 Å². The predicted octanol–water partition coefficient (Wildman–Crippen LogP) is 3.85. The summed E-state index contributed by atoms with van der Waals surface area (Å²) in [5.74, 6) is -0.730. The van der Waals surface area contributed by atoms with Gasteiger partial charge in [0.25, 0.3) is 0 Å². The zero-order valence-corrected chi connectivity index (χ0v) is 26.0. The van der Waals surface area contributed by atoms with Crippen LogP contribution in [0, 0.1) is 0 Å². The van der Waals surface area contributed by atoms with E-state index in [-0.39, 0.29) is 17.5 Å². The van der Waals surface area contributed by atoms with E-state index in [1.807, 2.05) is 0 Å². The van der Waals surface area contributed by atoms with Crippen molar-refractivity contribution in [2.75, 3.05) is 25.5 Å². The topological polar surface area (TPSA) is 177 Å². The minimum Gasteiger partial charge on any atom is -0.453 e. The number of tetrazole rings is 1. The number of ether oxygens (including phenoxy) is 1. The van der Waals surface area contributed by atoms with Crippen LogP contribution in [0.2, 0.25) is 10.2 Å². The minimum atomic E-state index is -0.878. The maximum Gasteiger partial charge on any atom is 0.411 e. The van der Waals surface area contributed by atoms with Crippen molar-refractivity contribution in [1.82, 2.24) is 40.6 Å². The molecule has 1 saturated heterocycles. The van der Waals surface area contributed by atoms with Crippen LogP contribution in [0.1, 0.15) is 36.4 Å². The largest absolute Gasteiger partial charge is 0.453 e. The number of piperidine rings is 1. The Labute approximate surface area is 273 Å². The molecule has 0 radical (unpaired) electrons. The van der Waals surface area contributed by atoms with Gasteiger partial charge in [-0.05, 0) is 65.7 Å². The second-order valence-electron chi connectivity index (χ2n) is 10.3. The Kier molecular flexibility index (Phi) is 10.5. The van der Waals surface area contributed by atoms with Crippen LogP contribution in [0.15, 0.2) is 60.9 Å². The summed E-state index contributed by atoms with van der Waals surface area (Å²) >= 11 is 12.7. The van der Waals surface area contributed by atoms with Gasteiger partial charge < -0.3 is 20.1 Å². The van der Waals surface area contributed by atoms with Gasteiger partial charge >= 0.3 is 6.09 Å². The highest BCUT2D eigenvalue weighted by Crippen LogP contribution is 2.29. The third-order valence-electron chi connectivity index (χ3n) is 7.28. The average Bonchev–Trinajstić information content (AvgIpc) is 3.59. The van der Waals surface area contributed by atoms with Crippen molar-refractivity contribution in [2.24, 2.45) is 0 Å². The lowest BCUT2D eigenvalue weighted by atomic mass is 10.0. The third-order valence-corrected chi connectivity index (χ3v) is 7.80. The number of benzene rings is 2. The van der Waals surface area contributed by atoms with E-state index in [1.165, 1.54) is 24.2 Å². The van der Waals surface area contributed by atoms with Crippen LogP contribution < -0.4 is 10.6 Å². The fraction of sp³-hybridized carbons (Fsp3) is 0.267. The molecule has 0 bridgehead atoms. The number of rotatable bonds is 9. The van der Waals surface area contributed by atoms with Crippen molar-refractivity contribution >= 4 is 52.9 Å². The molecule has 4 aromatic rings. The second-order valence-corrected chi connectivity index (χ2v) is 11.1. The molecular weight excluding hydrogens is 637 g/mol. The number of likely N-dealkylation sites (tertiary alicyclic amines) is 1. The van der Waals surface area contributed by atoms with Crippen LogP contribution in [-0.2, 0) is 14.3 Å². The number of aromatic nitrogens is 6. The number of hydrogen-bond acceptors (Lipinski definition) is 10. The lowest BCUT2D eigenvalue weighted by Crippen LogP contribution is -2.42. The summed E-state index contributed by atoms with van der Waals surface area (Å²) in [7, 11) is 1.27. The normalized spacial score (nSPS) is 14.2. The van der Waals surface area contributed by atoms with E-state index in [0.29, 0.717) is 64.7 Å². The molecule has 46 heavy (non-hydrogen) atoms. The number of methoxy groups -OCH3 is 1. The molecule has 3 amide bonds. The molecule has 3 heterocycles. The van der Waals surface area contributed by atoms with E-state index >= 15 is 0 Å². The summed E-state index contributed by atoms with van der Waals surface area (Å²) in [5.41, 5.74) is 3.14. The first-order chi connectivity index (χ1) is 22.2. The number of halogens is 2. The van der Waals surface area contributed by atoms with Crippen molar-refractivity contribution in [1.29, 1.82) is 0 Å². The maximum atomic E-state index is 13.4. The first-order valence-corrected chi connectivity index (χ1v) is 14.9. The number of nitrogens with one attached hydrogen (secondary N) is 2. The summed E-state index contributed by atoms with van der Waals surface area (Å²) in [6.45, 7) is 0.795. The molecule has 0 spiro atoms. The van der Waals surface area contributed by atoms with Gasteiger partial charge in [-0.2, -0.15) is 4.68 Å². The van der Waals surface area contributed by atoms with Gasteiger partial charge in [0, 0.05) is 46.6 Å². The van der Waals surface area contributed by atoms with E-state index in [1.54, 1.807) is 59.5 Å². The number of nitrogens with zero attached hydrogens (tertiary/aromatic N) is 7. The van der Waals surface area contributed by atoms with E-state index in [4.69, 9.17) is 23.2 Å². The Hall–Kier alpha value is -4.92. The van der Waals surface area contributed by atoms with Gasteiger partial charge in [-0.3, -0.25) is 14.9 Å². The van der Waals surface area contributed by atoms with Crippen molar-refractivity contribution in [3.63, 3.8) is 0 Å². The summed E-state index contributed by atoms with van der Waals surface area (Å²) in [4.78, 5) is 39.9. The molecule has 2 aromatic heterocycles. The van der Waals surface area contributed by atoms with Crippen LogP contribution in [0.25, 0.3) is 23.0 Å². The average molecular weight is 667 g/mol. The maximum absolute atomic E-state index is 13.4. The van der Waals surface area contributed by atoms with Crippen LogP contribution in [0.3, 0.4) is 0 Å². The van der Waals surface area contributed by atoms with E-state index < -0.39 is 24.1 Å². The summed E-state index contributed by atoms with van der Waals surface area (Å²) in [6, 6.07) is 12.6. The highest BCUT2D eigenvalue weighted by atomic mass is 35.5. The first-order valence-electron chi connectivity index (χ1n) is 14.2. The van der Waals surface area contributed by atoms with Gasteiger partial charge in [-0.25, -0.2) is 4.79 Å². The molecule has 1 fully saturated rings. The van der Waals surface area contributed by atoms with E-state index in [2.05, 4.69) is 41.1 Å². The Morgan fingerprint density at radius 2 is 1.85 bits per heavy atom. The fourth-order valence-corrected chi connectivity index (χ4v) is 5.26. The monoisotopic (exact) mass is 665 g/mol. The minimum absolute atomic E-state index is 0.0136. The number of carbonyl (C=O) groups is 3. The van der Waals surface area contributed by atoms with Gasteiger partial charge in [-0.1, -0.05) is 35.3 Å².